The molecule has 9 rings (SSSR count). The molecule has 1 aromatic carbocycles. The largest absolute Gasteiger partial charge is 0.486 e. The molecule has 63 heavy (non-hydrogen) atoms. The Labute approximate surface area is 364 Å². The number of nitrogens with zero attached hydrogens (tertiary/aromatic N) is 9. The van der Waals surface area contributed by atoms with Gasteiger partial charge in [-0.15, -0.1) is 5.10 Å². The SMILES string of the molecule is C[C@@H]1COCCN1c1cc(C2(S(C)(=N)=O)CC2)nc(-c2ccnc3c2ccn3CCCCCCCCn2cc(COc3cccc4c3C(=O)N(C3CCC(=O)NC3=O)C4=O)nn2)n1. The van der Waals surface area contributed by atoms with Crippen molar-refractivity contribution in [2.75, 3.05) is 30.9 Å². The third-order valence-electron chi connectivity index (χ3n) is 12.6. The second kappa shape index (κ2) is 17.2. The van der Waals surface area contributed by atoms with Crippen LogP contribution in [-0.4, -0.2) is 105 Å². The molecule has 1 aliphatic carbocycles. The van der Waals surface area contributed by atoms with Gasteiger partial charge in [0.05, 0.1) is 56.7 Å². The Bertz CT molecular complexity index is 2710. The van der Waals surface area contributed by atoms with Crippen molar-refractivity contribution in [3.63, 3.8) is 0 Å². The van der Waals surface area contributed by atoms with E-state index in [1.165, 1.54) is 12.3 Å². The number of aryl methyl sites for hydroxylation is 2. The number of aromatic nitrogens is 7. The zero-order chi connectivity index (χ0) is 43.9. The molecule has 0 radical (unpaired) electrons. The molecule has 3 atom stereocenters. The summed E-state index contributed by atoms with van der Waals surface area (Å²) in [6, 6.07) is 9.78. The van der Waals surface area contributed by atoms with Gasteiger partial charge in [-0.2, -0.15) is 0 Å². The summed E-state index contributed by atoms with van der Waals surface area (Å²) in [5, 5.41) is 11.6. The number of pyridine rings is 1. The van der Waals surface area contributed by atoms with Crippen molar-refractivity contribution < 1.29 is 32.9 Å². The molecule has 4 amide bonds. The lowest BCUT2D eigenvalue weighted by atomic mass is 10.0. The van der Waals surface area contributed by atoms with E-state index in [0.29, 0.717) is 56.4 Å². The van der Waals surface area contributed by atoms with Crippen LogP contribution < -0.4 is 15.0 Å². The molecule has 330 valence electrons. The van der Waals surface area contributed by atoms with Crippen molar-refractivity contribution in [1.82, 2.24) is 44.7 Å². The van der Waals surface area contributed by atoms with Gasteiger partial charge in [-0.25, -0.2) is 19.2 Å². The highest BCUT2D eigenvalue weighted by Crippen LogP contribution is 2.53. The monoisotopic (exact) mass is 877 g/mol. The van der Waals surface area contributed by atoms with Gasteiger partial charge >= 0.3 is 0 Å². The molecule has 4 aromatic heterocycles. The number of carbonyl (C=O) groups excluding carboxylic acids is 4. The van der Waals surface area contributed by atoms with Crippen LogP contribution in [0.3, 0.4) is 0 Å². The minimum Gasteiger partial charge on any atom is -0.486 e. The van der Waals surface area contributed by atoms with Gasteiger partial charge in [-0.05, 0) is 63.3 Å². The van der Waals surface area contributed by atoms with Gasteiger partial charge in [0, 0.05) is 61.7 Å². The minimum atomic E-state index is -2.89. The van der Waals surface area contributed by atoms with Crippen LogP contribution in [0.15, 0.2) is 55.0 Å². The van der Waals surface area contributed by atoms with Crippen molar-refractivity contribution in [3.8, 4) is 17.1 Å². The summed E-state index contributed by atoms with van der Waals surface area (Å²) in [6.45, 7) is 5.57. The van der Waals surface area contributed by atoms with Crippen molar-refractivity contribution in [1.29, 1.82) is 4.78 Å². The molecule has 2 saturated heterocycles. The maximum Gasteiger partial charge on any atom is 0.266 e. The highest BCUT2D eigenvalue weighted by atomic mass is 32.2. The van der Waals surface area contributed by atoms with Crippen molar-refractivity contribution in [2.45, 2.75) is 108 Å². The lowest BCUT2D eigenvalue weighted by molar-refractivity contribution is -0.136. The average Bonchev–Trinajstić information content (AvgIpc) is 3.72. The van der Waals surface area contributed by atoms with Crippen LogP contribution in [0.4, 0.5) is 5.82 Å². The molecule has 7 heterocycles. The number of hydrogen-bond acceptors (Lipinski definition) is 14. The minimum absolute atomic E-state index is 0.0379. The number of anilines is 1. The summed E-state index contributed by atoms with van der Waals surface area (Å²) in [5.41, 5.74) is 3.24. The van der Waals surface area contributed by atoms with Crippen LogP contribution >= 0.6 is 0 Å². The highest BCUT2D eigenvalue weighted by Gasteiger charge is 2.53. The number of benzene rings is 1. The number of ether oxygens (including phenoxy) is 2. The Morgan fingerprint density at radius 3 is 2.54 bits per heavy atom. The van der Waals surface area contributed by atoms with Gasteiger partial charge in [-0.3, -0.25) is 38.9 Å². The van der Waals surface area contributed by atoms with Crippen molar-refractivity contribution >= 4 is 50.2 Å². The molecule has 0 bridgehead atoms. The van der Waals surface area contributed by atoms with Crippen LogP contribution in [0, 0.1) is 4.78 Å². The first kappa shape index (κ1) is 42.2. The zero-order valence-electron chi connectivity index (χ0n) is 35.5. The van der Waals surface area contributed by atoms with Gasteiger partial charge in [0.1, 0.15) is 35.6 Å². The first-order chi connectivity index (χ1) is 30.4. The van der Waals surface area contributed by atoms with E-state index in [2.05, 4.69) is 44.3 Å². The molecule has 3 fully saturated rings. The van der Waals surface area contributed by atoms with E-state index in [-0.39, 0.29) is 42.4 Å². The molecule has 4 aliphatic rings. The Morgan fingerprint density at radius 2 is 1.78 bits per heavy atom. The molecule has 2 unspecified atom stereocenters. The first-order valence-corrected chi connectivity index (χ1v) is 23.7. The normalized spacial score (nSPS) is 20.5. The van der Waals surface area contributed by atoms with Crippen molar-refractivity contribution in [2.24, 2.45) is 0 Å². The Kier molecular flexibility index (Phi) is 11.6. The molecule has 3 aliphatic heterocycles. The standard InChI is InChI=1S/C44H51N11O7S/c1-28-26-61-23-22-54(28)36-24-35(44(16-17-44)63(2,45)60)47-39(48-36)30-14-18-46-40-31(30)15-21-52(40)19-7-5-3-4-6-8-20-53-25-29(50-51-53)27-62-34-11-9-10-32-38(34)43(59)55(42(32)58)33-12-13-37(56)49-41(33)57/h9-11,14-15,18,21,24-25,28,33,45H,3-8,12-13,16-17,19-20,22-23,26-27H2,1-2H3,(H,49,56,57)/t28-,33?,63?/m1/s1. The highest BCUT2D eigenvalue weighted by molar-refractivity contribution is 7.93. The number of piperidine rings is 1. The average molecular weight is 878 g/mol. The Balaban J connectivity index is 0.749. The summed E-state index contributed by atoms with van der Waals surface area (Å²) in [5.74, 6) is -0.756. The second-order valence-corrected chi connectivity index (χ2v) is 19.5. The van der Waals surface area contributed by atoms with E-state index in [1.807, 2.05) is 18.3 Å². The number of carbonyl (C=O) groups is 4. The van der Waals surface area contributed by atoms with E-state index in [1.54, 1.807) is 23.0 Å². The maximum absolute atomic E-state index is 13.4. The van der Waals surface area contributed by atoms with Crippen LogP contribution in [0.5, 0.6) is 5.75 Å². The number of amides is 4. The smallest absolute Gasteiger partial charge is 0.266 e. The van der Waals surface area contributed by atoms with Crippen LogP contribution in [0.1, 0.15) is 103 Å². The molecule has 19 heteroatoms. The topological polar surface area (TPSA) is 220 Å². The van der Waals surface area contributed by atoms with E-state index in [9.17, 15) is 23.4 Å². The summed E-state index contributed by atoms with van der Waals surface area (Å²) in [6.07, 6.45) is 14.9. The Hall–Kier alpha value is -6.08. The molecule has 1 saturated carbocycles. The van der Waals surface area contributed by atoms with E-state index < -0.39 is 44.1 Å². The molecule has 18 nitrogen and oxygen atoms in total. The van der Waals surface area contributed by atoms with Gasteiger partial charge in [0.25, 0.3) is 11.8 Å². The number of hydrogen-bond donors (Lipinski definition) is 2. The maximum atomic E-state index is 13.4. The summed E-state index contributed by atoms with van der Waals surface area (Å²) >= 11 is 0. The predicted molar refractivity (Wildman–Crippen MR) is 231 cm³/mol. The van der Waals surface area contributed by atoms with Gasteiger partial charge in [0.2, 0.25) is 11.8 Å². The fourth-order valence-corrected chi connectivity index (χ4v) is 10.3. The lowest BCUT2D eigenvalue weighted by Gasteiger charge is -2.35. The van der Waals surface area contributed by atoms with E-state index in [0.717, 1.165) is 72.4 Å². The molecule has 0 spiro atoms. The number of fused-ring (bicyclic) bond motifs is 2. The van der Waals surface area contributed by atoms with Gasteiger partial charge in [-0.1, -0.05) is 37.0 Å². The predicted octanol–water partition coefficient (Wildman–Crippen LogP) is 5.00. The number of imide groups is 2. The van der Waals surface area contributed by atoms with Gasteiger partial charge in [0.15, 0.2) is 5.82 Å². The Morgan fingerprint density at radius 1 is 0.984 bits per heavy atom. The van der Waals surface area contributed by atoms with Crippen molar-refractivity contribution in [3.05, 3.63) is 77.5 Å². The summed E-state index contributed by atoms with van der Waals surface area (Å²) in [4.78, 5) is 68.6. The van der Waals surface area contributed by atoms with Crippen LogP contribution in [-0.2, 0) is 48.5 Å². The van der Waals surface area contributed by atoms with E-state index in [4.69, 9.17) is 29.2 Å². The molecular formula is C44H51N11O7S. The zero-order valence-corrected chi connectivity index (χ0v) is 36.3. The number of unbranched alkanes of at least 4 members (excludes halogenated alkanes) is 5. The fraction of sp³-hybridized carbons (Fsp3) is 0.477. The lowest BCUT2D eigenvalue weighted by Crippen LogP contribution is -2.54. The quantitative estimate of drug-likeness (QED) is 0.0930. The van der Waals surface area contributed by atoms with E-state index >= 15 is 0 Å². The van der Waals surface area contributed by atoms with Gasteiger partial charge < -0.3 is 18.9 Å². The molecule has 2 N–H and O–H groups in total. The van der Waals surface area contributed by atoms with Crippen LogP contribution in [0.2, 0.25) is 0 Å². The number of rotatable bonds is 17. The second-order valence-electron chi connectivity index (χ2n) is 17.0. The molecule has 5 aromatic rings. The molecular weight excluding hydrogens is 827 g/mol. The first-order valence-electron chi connectivity index (χ1n) is 21.7. The fourth-order valence-electron chi connectivity index (χ4n) is 8.96. The summed E-state index contributed by atoms with van der Waals surface area (Å²) < 4.78 is 36.6. The summed E-state index contributed by atoms with van der Waals surface area (Å²) in [7, 11) is -2.89. The number of nitrogens with one attached hydrogen (secondary N) is 2. The number of morpholine rings is 1. The third-order valence-corrected chi connectivity index (χ3v) is 14.7. The van der Waals surface area contributed by atoms with Crippen LogP contribution in [0.25, 0.3) is 22.4 Å². The third kappa shape index (κ3) is 8.30.